The maximum Gasteiger partial charge on any atom is 0.357 e. The van der Waals surface area contributed by atoms with Gasteiger partial charge in [0.15, 0.2) is 5.69 Å². The van der Waals surface area contributed by atoms with Gasteiger partial charge in [0.2, 0.25) is 0 Å². The predicted octanol–water partition coefficient (Wildman–Crippen LogP) is 1.07. The minimum absolute atomic E-state index is 0.00157. The first-order chi connectivity index (χ1) is 8.97. The van der Waals surface area contributed by atoms with E-state index in [0.717, 1.165) is 5.56 Å². The fourth-order valence-corrected chi connectivity index (χ4v) is 1.60. The van der Waals surface area contributed by atoms with E-state index in [1.165, 1.54) is 10.9 Å². The van der Waals surface area contributed by atoms with Gasteiger partial charge in [-0.15, -0.1) is 0 Å². The molecule has 0 spiro atoms. The zero-order valence-corrected chi connectivity index (χ0v) is 10.4. The first kappa shape index (κ1) is 12.7. The van der Waals surface area contributed by atoms with Crippen LogP contribution in [-0.4, -0.2) is 31.7 Å². The summed E-state index contributed by atoms with van der Waals surface area (Å²) in [5.74, 6) is -1.43. The minimum Gasteiger partial charge on any atom is -0.476 e. The van der Waals surface area contributed by atoms with Crippen LogP contribution in [-0.2, 0) is 7.05 Å². The summed E-state index contributed by atoms with van der Waals surface area (Å²) in [7, 11) is 1.55. The summed E-state index contributed by atoms with van der Waals surface area (Å²) in [6.45, 7) is 1.87. The summed E-state index contributed by atoms with van der Waals surface area (Å²) in [6, 6.07) is 3.48. The molecule has 0 aromatic carbocycles. The van der Waals surface area contributed by atoms with E-state index < -0.39 is 11.9 Å². The lowest BCUT2D eigenvalue weighted by atomic mass is 10.2. The molecular formula is C12H12N4O3. The van der Waals surface area contributed by atoms with Crippen molar-refractivity contribution in [2.24, 2.45) is 7.05 Å². The van der Waals surface area contributed by atoms with Gasteiger partial charge >= 0.3 is 5.97 Å². The van der Waals surface area contributed by atoms with Crippen LogP contribution >= 0.6 is 0 Å². The molecule has 2 aromatic rings. The molecule has 0 saturated carbocycles. The van der Waals surface area contributed by atoms with Crippen LogP contribution in [0.3, 0.4) is 0 Å². The molecule has 7 nitrogen and oxygen atoms in total. The molecule has 2 heterocycles. The van der Waals surface area contributed by atoms with Crippen LogP contribution in [0.4, 0.5) is 5.82 Å². The normalized spacial score (nSPS) is 10.2. The van der Waals surface area contributed by atoms with Crippen LogP contribution in [0.1, 0.15) is 26.4 Å². The lowest BCUT2D eigenvalue weighted by molar-refractivity contribution is 0.0685. The van der Waals surface area contributed by atoms with Gasteiger partial charge in [-0.1, -0.05) is 0 Å². The number of aromatic carboxylic acids is 1. The zero-order chi connectivity index (χ0) is 14.0. The van der Waals surface area contributed by atoms with Crippen LogP contribution in [0.15, 0.2) is 24.5 Å². The van der Waals surface area contributed by atoms with E-state index in [1.54, 1.807) is 25.4 Å². The molecule has 7 heteroatoms. The molecule has 0 fully saturated rings. The largest absolute Gasteiger partial charge is 0.476 e. The number of carbonyl (C=O) groups is 2. The fourth-order valence-electron chi connectivity index (χ4n) is 1.60. The minimum atomic E-state index is -1.25. The van der Waals surface area contributed by atoms with Crippen molar-refractivity contribution in [3.05, 3.63) is 41.3 Å². The summed E-state index contributed by atoms with van der Waals surface area (Å²) >= 11 is 0. The quantitative estimate of drug-likeness (QED) is 0.860. The monoisotopic (exact) mass is 260 g/mol. The number of hydrogen-bond acceptors (Lipinski definition) is 4. The van der Waals surface area contributed by atoms with Gasteiger partial charge in [0.05, 0.1) is 5.56 Å². The SMILES string of the molecule is Cc1ccnc(NC(=O)c2cn(C)nc2C(=O)O)c1. The Kier molecular flexibility index (Phi) is 3.28. The molecule has 0 atom stereocenters. The van der Waals surface area contributed by atoms with Crippen molar-refractivity contribution < 1.29 is 14.7 Å². The van der Waals surface area contributed by atoms with E-state index in [1.807, 2.05) is 6.92 Å². The molecular weight excluding hydrogens is 248 g/mol. The lowest BCUT2D eigenvalue weighted by Crippen LogP contribution is -2.16. The first-order valence-corrected chi connectivity index (χ1v) is 5.48. The summed E-state index contributed by atoms with van der Waals surface area (Å²) < 4.78 is 1.28. The summed E-state index contributed by atoms with van der Waals surface area (Å²) in [5, 5.41) is 15.2. The average Bonchev–Trinajstić information content (AvgIpc) is 2.71. The van der Waals surface area contributed by atoms with Crippen LogP contribution in [0.5, 0.6) is 0 Å². The van der Waals surface area contributed by atoms with Crippen molar-refractivity contribution in [1.29, 1.82) is 0 Å². The number of anilines is 1. The third-order valence-electron chi connectivity index (χ3n) is 2.43. The Morgan fingerprint density at radius 2 is 2.16 bits per heavy atom. The molecule has 98 valence electrons. The first-order valence-electron chi connectivity index (χ1n) is 5.48. The number of carbonyl (C=O) groups excluding carboxylic acids is 1. The highest BCUT2D eigenvalue weighted by molar-refractivity contribution is 6.09. The van der Waals surface area contributed by atoms with Crippen molar-refractivity contribution in [3.63, 3.8) is 0 Å². The Balaban J connectivity index is 2.28. The van der Waals surface area contributed by atoms with Crippen LogP contribution in [0.2, 0.25) is 0 Å². The number of carboxylic acids is 1. The second-order valence-corrected chi connectivity index (χ2v) is 4.04. The van der Waals surface area contributed by atoms with Gasteiger partial charge in [0.25, 0.3) is 5.91 Å². The number of nitrogens with zero attached hydrogens (tertiary/aromatic N) is 3. The van der Waals surface area contributed by atoms with E-state index in [9.17, 15) is 9.59 Å². The summed E-state index contributed by atoms with van der Waals surface area (Å²) in [4.78, 5) is 27.0. The Morgan fingerprint density at radius 1 is 1.42 bits per heavy atom. The molecule has 19 heavy (non-hydrogen) atoms. The molecule has 2 rings (SSSR count). The lowest BCUT2D eigenvalue weighted by Gasteiger charge is -2.03. The zero-order valence-electron chi connectivity index (χ0n) is 10.4. The molecule has 0 saturated heterocycles. The van der Waals surface area contributed by atoms with E-state index in [4.69, 9.17) is 5.11 Å². The van der Waals surface area contributed by atoms with Gasteiger partial charge in [-0.2, -0.15) is 5.10 Å². The molecule has 2 N–H and O–H groups in total. The Morgan fingerprint density at radius 3 is 2.79 bits per heavy atom. The van der Waals surface area contributed by atoms with Gasteiger partial charge in [0, 0.05) is 19.4 Å². The second-order valence-electron chi connectivity index (χ2n) is 4.04. The van der Waals surface area contributed by atoms with Crippen molar-refractivity contribution >= 4 is 17.7 Å². The smallest absolute Gasteiger partial charge is 0.357 e. The number of aryl methyl sites for hydroxylation is 2. The maximum absolute atomic E-state index is 12.0. The van der Waals surface area contributed by atoms with Gasteiger partial charge in [0.1, 0.15) is 5.82 Å². The van der Waals surface area contributed by atoms with Gasteiger partial charge in [-0.3, -0.25) is 9.48 Å². The van der Waals surface area contributed by atoms with Gasteiger partial charge in [-0.25, -0.2) is 9.78 Å². The molecule has 0 aliphatic rings. The molecule has 1 amide bonds. The van der Waals surface area contributed by atoms with E-state index in [0.29, 0.717) is 5.82 Å². The molecule has 0 bridgehead atoms. The molecule has 0 aliphatic heterocycles. The van der Waals surface area contributed by atoms with Crippen LogP contribution in [0.25, 0.3) is 0 Å². The average molecular weight is 260 g/mol. The Bertz CT molecular complexity index is 648. The van der Waals surface area contributed by atoms with E-state index in [-0.39, 0.29) is 11.3 Å². The predicted molar refractivity (Wildman–Crippen MR) is 67.1 cm³/mol. The standard InChI is InChI=1S/C12H12N4O3/c1-7-3-4-13-9(5-7)14-11(17)8-6-16(2)15-10(8)12(18)19/h3-6H,1-2H3,(H,18,19)(H,13,14,17). The Labute approximate surface area is 108 Å². The summed E-state index contributed by atoms with van der Waals surface area (Å²) in [5.41, 5.74) is 0.654. The van der Waals surface area contributed by atoms with Crippen LogP contribution in [0, 0.1) is 6.92 Å². The third-order valence-corrected chi connectivity index (χ3v) is 2.43. The van der Waals surface area contributed by atoms with Crippen molar-refractivity contribution in [1.82, 2.24) is 14.8 Å². The van der Waals surface area contributed by atoms with Crippen molar-refractivity contribution in [3.8, 4) is 0 Å². The van der Waals surface area contributed by atoms with Crippen molar-refractivity contribution in [2.45, 2.75) is 6.92 Å². The van der Waals surface area contributed by atoms with E-state index >= 15 is 0 Å². The number of amides is 1. The highest BCUT2D eigenvalue weighted by Gasteiger charge is 2.21. The summed E-state index contributed by atoms with van der Waals surface area (Å²) in [6.07, 6.45) is 2.92. The number of rotatable bonds is 3. The fraction of sp³-hybridized carbons (Fsp3) is 0.167. The Hall–Kier alpha value is -2.70. The molecule has 0 aliphatic carbocycles. The molecule has 0 unspecified atom stereocenters. The van der Waals surface area contributed by atoms with E-state index in [2.05, 4.69) is 15.4 Å². The second kappa shape index (κ2) is 4.89. The highest BCUT2D eigenvalue weighted by Crippen LogP contribution is 2.11. The molecule has 2 aromatic heterocycles. The number of hydrogen-bond donors (Lipinski definition) is 2. The van der Waals surface area contributed by atoms with Gasteiger partial charge < -0.3 is 10.4 Å². The topological polar surface area (TPSA) is 97.1 Å². The number of aromatic nitrogens is 3. The van der Waals surface area contributed by atoms with Gasteiger partial charge in [-0.05, 0) is 24.6 Å². The third kappa shape index (κ3) is 2.76. The number of nitrogens with one attached hydrogen (secondary N) is 1. The number of pyridine rings is 1. The number of carboxylic acid groups (broad SMARTS) is 1. The van der Waals surface area contributed by atoms with Crippen LogP contribution < -0.4 is 5.32 Å². The highest BCUT2D eigenvalue weighted by atomic mass is 16.4. The molecule has 0 radical (unpaired) electrons. The maximum atomic E-state index is 12.0. The van der Waals surface area contributed by atoms with Crippen molar-refractivity contribution in [2.75, 3.05) is 5.32 Å².